The van der Waals surface area contributed by atoms with E-state index in [0.29, 0.717) is 13.0 Å². The smallest absolute Gasteiger partial charge is 0.224 e. The van der Waals surface area contributed by atoms with Crippen LogP contribution in [0.3, 0.4) is 0 Å². The molecule has 5 nitrogen and oxygen atoms in total. The van der Waals surface area contributed by atoms with Crippen LogP contribution in [0, 0.1) is 0 Å². The second kappa shape index (κ2) is 10.3. The molecule has 0 aliphatic carbocycles. The van der Waals surface area contributed by atoms with Gasteiger partial charge in [0.05, 0.1) is 0 Å². The molecule has 2 rings (SSSR count). The van der Waals surface area contributed by atoms with Gasteiger partial charge in [-0.1, -0.05) is 13.8 Å². The minimum Gasteiger partial charge on any atom is -0.385 e. The number of rotatable bonds is 9. The Hall–Kier alpha value is -1.75. The van der Waals surface area contributed by atoms with Crippen LogP contribution in [0.2, 0.25) is 0 Å². The number of carbonyl (C=O) groups excluding carboxylic acids is 1. The first-order chi connectivity index (χ1) is 12.1. The zero-order chi connectivity index (χ0) is 18.1. The molecule has 0 spiro atoms. The molecular weight excluding hydrogens is 312 g/mol. The molecule has 1 aliphatic rings. The minimum absolute atomic E-state index is 0.255. The second-order valence-corrected chi connectivity index (χ2v) is 6.89. The number of nitrogens with one attached hydrogen (secondary N) is 1. The van der Waals surface area contributed by atoms with Crippen molar-refractivity contribution in [2.45, 2.75) is 33.1 Å². The van der Waals surface area contributed by atoms with Crippen molar-refractivity contribution in [2.24, 2.45) is 0 Å². The number of benzene rings is 1. The Kier molecular flexibility index (Phi) is 8.06. The standard InChI is InChI=1S/C20H34N4O/c1-4-12-24(13-5-2)20(25)10-11-21-18-6-8-19(9-7-18)23-16-14-22(3)15-17-23/h6-9,21H,4-5,10-17H2,1-3H3. The van der Waals surface area contributed by atoms with E-state index >= 15 is 0 Å². The van der Waals surface area contributed by atoms with Crippen LogP contribution in [-0.4, -0.2) is 68.6 Å². The molecule has 0 atom stereocenters. The molecule has 1 fully saturated rings. The Morgan fingerprint density at radius 2 is 1.64 bits per heavy atom. The molecule has 5 heteroatoms. The molecule has 0 bridgehead atoms. The predicted molar refractivity (Wildman–Crippen MR) is 106 cm³/mol. The highest BCUT2D eigenvalue weighted by Crippen LogP contribution is 2.19. The summed E-state index contributed by atoms with van der Waals surface area (Å²) in [6.45, 7) is 11.1. The van der Waals surface area contributed by atoms with Gasteiger partial charge in [-0.2, -0.15) is 0 Å². The molecule has 1 aromatic carbocycles. The lowest BCUT2D eigenvalue weighted by Gasteiger charge is -2.34. The summed E-state index contributed by atoms with van der Waals surface area (Å²) >= 11 is 0. The molecule has 25 heavy (non-hydrogen) atoms. The lowest BCUT2D eigenvalue weighted by atomic mass is 10.2. The van der Waals surface area contributed by atoms with Crippen LogP contribution >= 0.6 is 0 Å². The topological polar surface area (TPSA) is 38.8 Å². The summed E-state index contributed by atoms with van der Waals surface area (Å²) in [4.78, 5) is 19.1. The molecule has 1 saturated heterocycles. The number of likely N-dealkylation sites (N-methyl/N-ethyl adjacent to an activating group) is 1. The summed E-state index contributed by atoms with van der Waals surface area (Å²) in [7, 11) is 2.17. The van der Waals surface area contributed by atoms with E-state index in [1.165, 1.54) is 5.69 Å². The van der Waals surface area contributed by atoms with Crippen LogP contribution < -0.4 is 10.2 Å². The van der Waals surface area contributed by atoms with Gasteiger partial charge < -0.3 is 20.0 Å². The number of hydrogen-bond acceptors (Lipinski definition) is 4. The fourth-order valence-electron chi connectivity index (χ4n) is 3.23. The first kappa shape index (κ1) is 19.6. The van der Waals surface area contributed by atoms with E-state index in [2.05, 4.69) is 60.3 Å². The molecule has 0 unspecified atom stereocenters. The number of hydrogen-bond donors (Lipinski definition) is 1. The SMILES string of the molecule is CCCN(CCC)C(=O)CCNc1ccc(N2CCN(C)CC2)cc1. The van der Waals surface area contributed by atoms with Crippen LogP contribution in [0.1, 0.15) is 33.1 Å². The largest absolute Gasteiger partial charge is 0.385 e. The number of anilines is 2. The zero-order valence-electron chi connectivity index (χ0n) is 16.1. The maximum atomic E-state index is 12.3. The third kappa shape index (κ3) is 6.24. The van der Waals surface area contributed by atoms with Gasteiger partial charge in [-0.3, -0.25) is 4.79 Å². The second-order valence-electron chi connectivity index (χ2n) is 6.89. The number of nitrogens with zero attached hydrogens (tertiary/aromatic N) is 3. The van der Waals surface area contributed by atoms with Crippen molar-refractivity contribution in [2.75, 3.05) is 63.1 Å². The molecule has 1 heterocycles. The lowest BCUT2D eigenvalue weighted by molar-refractivity contribution is -0.131. The third-order valence-electron chi connectivity index (χ3n) is 4.74. The van der Waals surface area contributed by atoms with Gasteiger partial charge in [0.25, 0.3) is 0 Å². The molecule has 0 radical (unpaired) electrons. The molecule has 1 amide bonds. The van der Waals surface area contributed by atoms with E-state index < -0.39 is 0 Å². The molecule has 1 aromatic rings. The van der Waals surface area contributed by atoms with Crippen LogP contribution in [-0.2, 0) is 4.79 Å². The first-order valence-corrected chi connectivity index (χ1v) is 9.69. The third-order valence-corrected chi connectivity index (χ3v) is 4.74. The van der Waals surface area contributed by atoms with Gasteiger partial charge in [0.2, 0.25) is 5.91 Å². The highest BCUT2D eigenvalue weighted by Gasteiger charge is 2.14. The van der Waals surface area contributed by atoms with E-state index in [0.717, 1.165) is 57.8 Å². The van der Waals surface area contributed by atoms with Crippen molar-refractivity contribution >= 4 is 17.3 Å². The zero-order valence-corrected chi connectivity index (χ0v) is 16.1. The van der Waals surface area contributed by atoms with Crippen LogP contribution in [0.5, 0.6) is 0 Å². The van der Waals surface area contributed by atoms with E-state index in [4.69, 9.17) is 0 Å². The van der Waals surface area contributed by atoms with Crippen molar-refractivity contribution in [3.63, 3.8) is 0 Å². The molecule has 1 N–H and O–H groups in total. The van der Waals surface area contributed by atoms with Crippen molar-refractivity contribution < 1.29 is 4.79 Å². The predicted octanol–water partition coefficient (Wildman–Crippen LogP) is 2.89. The monoisotopic (exact) mass is 346 g/mol. The Morgan fingerprint density at radius 1 is 1.04 bits per heavy atom. The summed E-state index contributed by atoms with van der Waals surface area (Å²) < 4.78 is 0. The summed E-state index contributed by atoms with van der Waals surface area (Å²) in [5, 5.41) is 3.38. The fourth-order valence-corrected chi connectivity index (χ4v) is 3.23. The summed E-state index contributed by atoms with van der Waals surface area (Å²) in [5.41, 5.74) is 2.37. The average molecular weight is 347 g/mol. The minimum atomic E-state index is 0.255. The lowest BCUT2D eigenvalue weighted by Crippen LogP contribution is -2.44. The Balaban J connectivity index is 1.76. The molecule has 0 aromatic heterocycles. The van der Waals surface area contributed by atoms with Crippen molar-refractivity contribution in [1.82, 2.24) is 9.80 Å². The fraction of sp³-hybridized carbons (Fsp3) is 0.650. The number of carbonyl (C=O) groups is 1. The van der Waals surface area contributed by atoms with Crippen molar-refractivity contribution in [1.29, 1.82) is 0 Å². The highest BCUT2D eigenvalue weighted by molar-refractivity contribution is 5.76. The van der Waals surface area contributed by atoms with Gasteiger partial charge in [0.1, 0.15) is 0 Å². The van der Waals surface area contributed by atoms with E-state index in [9.17, 15) is 4.79 Å². The van der Waals surface area contributed by atoms with Gasteiger partial charge in [-0.05, 0) is 44.2 Å². The maximum absolute atomic E-state index is 12.3. The van der Waals surface area contributed by atoms with E-state index in [1.54, 1.807) is 0 Å². The normalized spacial score (nSPS) is 15.2. The quantitative estimate of drug-likeness (QED) is 0.746. The van der Waals surface area contributed by atoms with Gasteiger partial charge in [-0.25, -0.2) is 0 Å². The Labute approximate surface area is 153 Å². The number of amides is 1. The Bertz CT molecular complexity index is 503. The Morgan fingerprint density at radius 3 is 2.20 bits per heavy atom. The highest BCUT2D eigenvalue weighted by atomic mass is 16.2. The van der Waals surface area contributed by atoms with E-state index in [-0.39, 0.29) is 5.91 Å². The summed E-state index contributed by atoms with van der Waals surface area (Å²) in [6, 6.07) is 8.59. The summed E-state index contributed by atoms with van der Waals surface area (Å²) in [6.07, 6.45) is 2.60. The van der Waals surface area contributed by atoms with Gasteiger partial charge in [-0.15, -0.1) is 0 Å². The maximum Gasteiger partial charge on any atom is 0.224 e. The van der Waals surface area contributed by atoms with Crippen molar-refractivity contribution in [3.8, 4) is 0 Å². The molecule has 0 saturated carbocycles. The summed E-state index contributed by atoms with van der Waals surface area (Å²) in [5.74, 6) is 0.255. The van der Waals surface area contributed by atoms with Crippen LogP contribution in [0.25, 0.3) is 0 Å². The molecule has 140 valence electrons. The van der Waals surface area contributed by atoms with Crippen LogP contribution in [0.4, 0.5) is 11.4 Å². The average Bonchev–Trinajstić information content (AvgIpc) is 2.63. The van der Waals surface area contributed by atoms with E-state index in [1.807, 2.05) is 4.90 Å². The first-order valence-electron chi connectivity index (χ1n) is 9.69. The van der Waals surface area contributed by atoms with Gasteiger partial charge >= 0.3 is 0 Å². The van der Waals surface area contributed by atoms with Gasteiger partial charge in [0.15, 0.2) is 0 Å². The number of piperazine rings is 1. The van der Waals surface area contributed by atoms with Gasteiger partial charge in [0, 0.05) is 63.6 Å². The van der Waals surface area contributed by atoms with Crippen LogP contribution in [0.15, 0.2) is 24.3 Å². The molecular formula is C20H34N4O. The molecule has 1 aliphatic heterocycles. The van der Waals surface area contributed by atoms with Crippen molar-refractivity contribution in [3.05, 3.63) is 24.3 Å².